The predicted octanol–water partition coefficient (Wildman–Crippen LogP) is 15.5. The number of amides is 1. The fraction of sp³-hybridized carbons (Fsp3) is 0.825. The Bertz CT molecular complexity index is 1310. The van der Waals surface area contributed by atoms with Gasteiger partial charge in [0, 0.05) is 6.42 Å². The summed E-state index contributed by atoms with van der Waals surface area (Å²) in [5.41, 5.74) is 0. The van der Waals surface area contributed by atoms with Crippen molar-refractivity contribution in [2.75, 3.05) is 13.2 Å². The highest BCUT2D eigenvalue weighted by Gasteiger charge is 2.44. The van der Waals surface area contributed by atoms with Gasteiger partial charge in [-0.15, -0.1) is 0 Å². The molecule has 72 heavy (non-hydrogen) atoms. The Morgan fingerprint density at radius 2 is 0.861 bits per heavy atom. The molecule has 0 radical (unpaired) electrons. The summed E-state index contributed by atoms with van der Waals surface area (Å²) in [6.07, 6.45) is 63.9. The SMILES string of the molecule is CC/C=C\C/C=C\C/C=C\C/C=C\C/C=C\CCCCCCCCCCCCCC(=O)NC(COC1OC(CO)C(O)C(O)C1O)C(O)CCCCCCCCCCCCCCCCCCCCCCCC. The van der Waals surface area contributed by atoms with E-state index in [1.165, 1.54) is 180 Å². The van der Waals surface area contributed by atoms with E-state index in [1.54, 1.807) is 0 Å². The third kappa shape index (κ3) is 41.2. The number of nitrogens with one attached hydrogen (secondary N) is 1. The zero-order chi connectivity index (χ0) is 52.2. The Hall–Kier alpha value is -2.11. The first-order chi connectivity index (χ1) is 35.3. The molecule has 6 N–H and O–H groups in total. The van der Waals surface area contributed by atoms with Crippen LogP contribution in [0.5, 0.6) is 0 Å². The van der Waals surface area contributed by atoms with Crippen LogP contribution in [0.4, 0.5) is 0 Å². The molecule has 1 amide bonds. The fourth-order valence-electron chi connectivity index (χ4n) is 9.60. The van der Waals surface area contributed by atoms with Gasteiger partial charge in [-0.05, 0) is 57.8 Å². The van der Waals surface area contributed by atoms with Crippen molar-refractivity contribution < 1.29 is 39.8 Å². The molecule has 0 aromatic carbocycles. The summed E-state index contributed by atoms with van der Waals surface area (Å²) in [6, 6.07) is -0.724. The molecule has 1 aliphatic rings. The average Bonchev–Trinajstić information content (AvgIpc) is 3.38. The van der Waals surface area contributed by atoms with Crippen LogP contribution >= 0.6 is 0 Å². The molecule has 0 spiro atoms. The number of ether oxygens (including phenoxy) is 2. The van der Waals surface area contributed by atoms with Crippen molar-refractivity contribution in [2.24, 2.45) is 0 Å². The number of carbonyl (C=O) groups excluding carboxylic acids is 1. The van der Waals surface area contributed by atoms with Gasteiger partial charge in [-0.25, -0.2) is 0 Å². The van der Waals surface area contributed by atoms with Gasteiger partial charge in [0.15, 0.2) is 6.29 Å². The molecule has 0 aromatic rings. The average molecular weight is 1010 g/mol. The summed E-state index contributed by atoms with van der Waals surface area (Å²) < 4.78 is 11.3. The Morgan fingerprint density at radius 3 is 1.28 bits per heavy atom. The highest BCUT2D eigenvalue weighted by atomic mass is 16.7. The Kier molecular flexibility index (Phi) is 49.4. The van der Waals surface area contributed by atoms with E-state index >= 15 is 0 Å². The van der Waals surface area contributed by atoms with Crippen LogP contribution in [-0.4, -0.2) is 87.5 Å². The number of hydrogen-bond acceptors (Lipinski definition) is 8. The predicted molar refractivity (Wildman–Crippen MR) is 304 cm³/mol. The third-order valence-corrected chi connectivity index (χ3v) is 14.4. The van der Waals surface area contributed by atoms with E-state index in [9.17, 15) is 30.3 Å². The summed E-state index contributed by atoms with van der Waals surface area (Å²) in [7, 11) is 0. The Balaban J connectivity index is 2.19. The number of allylic oxidation sites excluding steroid dienone is 10. The largest absolute Gasteiger partial charge is 0.394 e. The Morgan fingerprint density at radius 1 is 0.486 bits per heavy atom. The van der Waals surface area contributed by atoms with Crippen molar-refractivity contribution in [3.05, 3.63) is 60.8 Å². The van der Waals surface area contributed by atoms with Crippen molar-refractivity contribution >= 4 is 5.91 Å². The van der Waals surface area contributed by atoms with E-state index in [0.717, 1.165) is 70.6 Å². The normalized spacial score (nSPS) is 19.6. The van der Waals surface area contributed by atoms with E-state index in [4.69, 9.17) is 9.47 Å². The lowest BCUT2D eigenvalue weighted by Gasteiger charge is -2.40. The maximum Gasteiger partial charge on any atom is 0.220 e. The highest BCUT2D eigenvalue weighted by Crippen LogP contribution is 2.23. The smallest absolute Gasteiger partial charge is 0.220 e. The van der Waals surface area contributed by atoms with Crippen molar-refractivity contribution in [3.8, 4) is 0 Å². The van der Waals surface area contributed by atoms with Gasteiger partial charge in [-0.3, -0.25) is 4.79 Å². The lowest BCUT2D eigenvalue weighted by atomic mass is 9.99. The first kappa shape index (κ1) is 67.9. The van der Waals surface area contributed by atoms with Gasteiger partial charge in [-0.2, -0.15) is 0 Å². The molecule has 9 heteroatoms. The van der Waals surface area contributed by atoms with E-state index in [1.807, 2.05) is 0 Å². The minimum Gasteiger partial charge on any atom is -0.394 e. The van der Waals surface area contributed by atoms with E-state index in [0.29, 0.717) is 12.8 Å². The van der Waals surface area contributed by atoms with Crippen LogP contribution < -0.4 is 5.32 Å². The number of hydrogen-bond donors (Lipinski definition) is 6. The molecule has 1 aliphatic heterocycles. The molecule has 0 aliphatic carbocycles. The zero-order valence-electron chi connectivity index (χ0n) is 46.7. The van der Waals surface area contributed by atoms with Crippen molar-refractivity contribution in [3.63, 3.8) is 0 Å². The van der Waals surface area contributed by atoms with E-state index < -0.39 is 49.5 Å². The summed E-state index contributed by atoms with van der Waals surface area (Å²) >= 11 is 0. The van der Waals surface area contributed by atoms with Gasteiger partial charge in [0.25, 0.3) is 0 Å². The second-order valence-electron chi connectivity index (χ2n) is 21.1. The number of carbonyl (C=O) groups is 1. The minimum atomic E-state index is -1.56. The van der Waals surface area contributed by atoms with Gasteiger partial charge < -0.3 is 40.3 Å². The van der Waals surface area contributed by atoms with Crippen LogP contribution in [0.1, 0.15) is 277 Å². The molecule has 420 valence electrons. The monoisotopic (exact) mass is 1010 g/mol. The molecular weight excluding hydrogens is 899 g/mol. The first-order valence-corrected chi connectivity index (χ1v) is 30.5. The van der Waals surface area contributed by atoms with Gasteiger partial charge in [0.05, 0.1) is 25.4 Å². The second-order valence-corrected chi connectivity index (χ2v) is 21.1. The van der Waals surface area contributed by atoms with E-state index in [-0.39, 0.29) is 12.5 Å². The zero-order valence-corrected chi connectivity index (χ0v) is 46.7. The van der Waals surface area contributed by atoms with Gasteiger partial charge in [0.1, 0.15) is 24.4 Å². The van der Waals surface area contributed by atoms with Crippen LogP contribution in [0.25, 0.3) is 0 Å². The number of unbranched alkanes of at least 4 members (excludes halogenated alkanes) is 32. The van der Waals surface area contributed by atoms with Crippen molar-refractivity contribution in [2.45, 2.75) is 320 Å². The lowest BCUT2D eigenvalue weighted by Crippen LogP contribution is -2.60. The van der Waals surface area contributed by atoms with Crippen LogP contribution in [0.15, 0.2) is 60.8 Å². The molecule has 9 nitrogen and oxygen atoms in total. The third-order valence-electron chi connectivity index (χ3n) is 14.4. The summed E-state index contributed by atoms with van der Waals surface area (Å²) in [4.78, 5) is 13.1. The molecule has 1 rings (SSSR count). The standard InChI is InChI=1S/C63H115NO8/c1-3-5-7-9-11-13-15-17-19-21-23-25-27-28-29-30-31-33-35-37-39-41-43-45-47-49-51-53-59(67)64-56(55-71-63-62(70)61(69)60(68)58(54-65)72-63)57(66)52-50-48-46-44-42-40-38-36-34-32-26-24-22-20-18-16-14-12-10-8-6-4-2/h5,7,11,13,17,19,23,25,28-29,56-58,60-63,65-66,68-70H,3-4,6,8-10,12,14-16,18,20-22,24,26-27,30-55H2,1-2H3,(H,64,67)/b7-5-,13-11-,19-17-,25-23-,29-28-. The highest BCUT2D eigenvalue weighted by molar-refractivity contribution is 5.76. The van der Waals surface area contributed by atoms with Crippen molar-refractivity contribution in [1.29, 1.82) is 0 Å². The molecule has 7 atom stereocenters. The second kappa shape index (κ2) is 52.3. The maximum absolute atomic E-state index is 13.1. The van der Waals surface area contributed by atoms with Gasteiger partial charge >= 0.3 is 0 Å². The van der Waals surface area contributed by atoms with E-state index in [2.05, 4.69) is 79.9 Å². The van der Waals surface area contributed by atoms with Crippen molar-refractivity contribution in [1.82, 2.24) is 5.32 Å². The number of aliphatic hydroxyl groups excluding tert-OH is 5. The van der Waals surface area contributed by atoms with Gasteiger partial charge in [-0.1, -0.05) is 274 Å². The molecule has 1 saturated heterocycles. The lowest BCUT2D eigenvalue weighted by molar-refractivity contribution is -0.302. The molecule has 0 saturated carbocycles. The molecule has 0 bridgehead atoms. The maximum atomic E-state index is 13.1. The molecule has 0 aromatic heterocycles. The van der Waals surface area contributed by atoms with Crippen LogP contribution in [0, 0.1) is 0 Å². The number of rotatable bonds is 52. The summed E-state index contributed by atoms with van der Waals surface area (Å²) in [5.74, 6) is -0.146. The minimum absolute atomic E-state index is 0.140. The summed E-state index contributed by atoms with van der Waals surface area (Å²) in [5, 5.41) is 54.8. The fourth-order valence-corrected chi connectivity index (χ4v) is 9.60. The number of aliphatic hydroxyl groups is 5. The summed E-state index contributed by atoms with van der Waals surface area (Å²) in [6.45, 7) is 3.75. The van der Waals surface area contributed by atoms with Crippen LogP contribution in [0.2, 0.25) is 0 Å². The first-order valence-electron chi connectivity index (χ1n) is 30.5. The molecular formula is C63H115NO8. The molecule has 7 unspecified atom stereocenters. The van der Waals surface area contributed by atoms with Crippen LogP contribution in [-0.2, 0) is 14.3 Å². The van der Waals surface area contributed by atoms with Gasteiger partial charge in [0.2, 0.25) is 5.91 Å². The molecule has 1 heterocycles. The Labute approximate surface area is 443 Å². The topological polar surface area (TPSA) is 149 Å². The quantitative estimate of drug-likeness (QED) is 0.0261. The van der Waals surface area contributed by atoms with Crippen LogP contribution in [0.3, 0.4) is 0 Å². The molecule has 1 fully saturated rings.